The molecule has 21 heavy (non-hydrogen) atoms. The van der Waals surface area contributed by atoms with Gasteiger partial charge in [-0.05, 0) is 38.1 Å². The molecule has 1 aromatic carbocycles. The van der Waals surface area contributed by atoms with E-state index in [1.807, 2.05) is 13.8 Å². The van der Waals surface area contributed by atoms with Gasteiger partial charge in [0.25, 0.3) is 5.91 Å². The van der Waals surface area contributed by atoms with Crippen LogP contribution < -0.4 is 10.5 Å². The molecule has 6 heteroatoms. The van der Waals surface area contributed by atoms with Gasteiger partial charge < -0.3 is 15.4 Å². The Hall–Kier alpha value is -1.59. The lowest BCUT2D eigenvalue weighted by Crippen LogP contribution is -2.30. The largest absolute Gasteiger partial charge is 0.489 e. The molecule has 2 N–H and O–H groups in total. The third-order valence-corrected chi connectivity index (χ3v) is 2.99. The average molecular weight is 317 g/mol. The zero-order valence-electron chi connectivity index (χ0n) is 12.3. The van der Waals surface area contributed by atoms with Crippen molar-refractivity contribution in [3.63, 3.8) is 0 Å². The van der Waals surface area contributed by atoms with Crippen LogP contribution in [0.4, 0.5) is 4.39 Å². The van der Waals surface area contributed by atoms with Crippen molar-refractivity contribution in [1.82, 2.24) is 4.90 Å². The molecule has 0 unspecified atom stereocenters. The fraction of sp³-hybridized carbons (Fsp3) is 0.400. The second-order valence-corrected chi connectivity index (χ2v) is 4.26. The van der Waals surface area contributed by atoms with Crippen molar-refractivity contribution in [2.45, 2.75) is 13.8 Å². The maximum Gasteiger partial charge on any atom is 0.253 e. The highest BCUT2D eigenvalue weighted by Gasteiger charge is 2.12. The van der Waals surface area contributed by atoms with Crippen molar-refractivity contribution in [2.75, 3.05) is 26.2 Å². The first-order valence-electron chi connectivity index (χ1n) is 6.66. The van der Waals surface area contributed by atoms with E-state index in [0.29, 0.717) is 36.3 Å². The zero-order chi connectivity index (χ0) is 15.0. The lowest BCUT2D eigenvalue weighted by atomic mass is 10.2. The first kappa shape index (κ1) is 19.4. The monoisotopic (exact) mass is 316 g/mol. The Balaban J connectivity index is 0.00000400. The van der Waals surface area contributed by atoms with Gasteiger partial charge in [0, 0.05) is 30.8 Å². The summed E-state index contributed by atoms with van der Waals surface area (Å²) in [5.74, 6) is 0.571. The number of benzene rings is 1. The number of nitrogens with zero attached hydrogens (tertiary/aromatic N) is 1. The Labute approximate surface area is 131 Å². The summed E-state index contributed by atoms with van der Waals surface area (Å²) in [6, 6.07) is 6.81. The van der Waals surface area contributed by atoms with Crippen LogP contribution in [0.2, 0.25) is 0 Å². The van der Waals surface area contributed by atoms with E-state index >= 15 is 0 Å². The van der Waals surface area contributed by atoms with Gasteiger partial charge in [-0.3, -0.25) is 4.79 Å². The highest BCUT2D eigenvalue weighted by atomic mass is 35.5. The molecule has 118 valence electrons. The minimum absolute atomic E-state index is 0. The van der Waals surface area contributed by atoms with Gasteiger partial charge in [-0.2, -0.15) is 0 Å². The van der Waals surface area contributed by atoms with E-state index in [1.54, 1.807) is 29.2 Å². The number of ether oxygens (including phenoxy) is 1. The predicted molar refractivity (Wildman–Crippen MR) is 84.7 cm³/mol. The average Bonchev–Trinajstić information content (AvgIpc) is 2.50. The number of carbonyl (C=O) groups excluding carboxylic acids is 1. The molecule has 0 aliphatic heterocycles. The first-order valence-corrected chi connectivity index (χ1v) is 6.66. The summed E-state index contributed by atoms with van der Waals surface area (Å²) in [4.78, 5) is 13.8. The maximum atomic E-state index is 12.3. The number of hydrogen-bond donors (Lipinski definition) is 1. The van der Waals surface area contributed by atoms with E-state index in [9.17, 15) is 9.18 Å². The normalized spacial score (nSPS) is 10.8. The lowest BCUT2D eigenvalue weighted by Gasteiger charge is -2.18. The molecule has 0 saturated heterocycles. The van der Waals surface area contributed by atoms with Crippen LogP contribution in [0.15, 0.2) is 36.2 Å². The van der Waals surface area contributed by atoms with Gasteiger partial charge in [0.1, 0.15) is 12.4 Å². The molecule has 1 rings (SSSR count). The molecule has 0 saturated carbocycles. The van der Waals surface area contributed by atoms with Crippen LogP contribution >= 0.6 is 12.4 Å². The van der Waals surface area contributed by atoms with E-state index in [1.165, 1.54) is 0 Å². The standard InChI is InChI=1S/C15H21FN2O2.ClH/c1-3-18(4-2)15(19)13-5-7-14(8-6-13)20-11-12(9-16)10-17;/h5-9H,3-4,10-11,17H2,1-2H3;1H. The van der Waals surface area contributed by atoms with Crippen molar-refractivity contribution in [3.05, 3.63) is 41.7 Å². The number of amides is 1. The van der Waals surface area contributed by atoms with E-state index in [0.717, 1.165) is 0 Å². The summed E-state index contributed by atoms with van der Waals surface area (Å²) in [5.41, 5.74) is 6.33. The van der Waals surface area contributed by atoms with Gasteiger partial charge in [0.2, 0.25) is 0 Å². The molecule has 0 radical (unpaired) electrons. The molecule has 0 fully saturated rings. The Bertz CT molecular complexity index is 459. The molecule has 0 aromatic heterocycles. The summed E-state index contributed by atoms with van der Waals surface area (Å²) >= 11 is 0. The van der Waals surface area contributed by atoms with Gasteiger partial charge in [0.15, 0.2) is 0 Å². The van der Waals surface area contributed by atoms with Gasteiger partial charge in [0.05, 0.1) is 6.33 Å². The third-order valence-electron chi connectivity index (χ3n) is 2.99. The Morgan fingerprint density at radius 1 is 1.29 bits per heavy atom. The smallest absolute Gasteiger partial charge is 0.253 e. The van der Waals surface area contributed by atoms with Crippen molar-refractivity contribution in [2.24, 2.45) is 5.73 Å². The van der Waals surface area contributed by atoms with Crippen molar-refractivity contribution < 1.29 is 13.9 Å². The van der Waals surface area contributed by atoms with Gasteiger partial charge in [-0.25, -0.2) is 4.39 Å². The molecule has 0 aliphatic rings. The van der Waals surface area contributed by atoms with Crippen LogP contribution in [0.3, 0.4) is 0 Å². The molecule has 0 atom stereocenters. The van der Waals surface area contributed by atoms with Crippen molar-refractivity contribution in [3.8, 4) is 5.75 Å². The second-order valence-electron chi connectivity index (χ2n) is 4.26. The Morgan fingerprint density at radius 3 is 2.29 bits per heavy atom. The topological polar surface area (TPSA) is 55.6 Å². The Kier molecular flexibility index (Phi) is 9.41. The second kappa shape index (κ2) is 10.2. The molecule has 1 amide bonds. The summed E-state index contributed by atoms with van der Waals surface area (Å²) in [6.45, 7) is 5.46. The molecule has 0 spiro atoms. The maximum absolute atomic E-state index is 12.3. The fourth-order valence-corrected chi connectivity index (χ4v) is 1.70. The molecule has 0 aliphatic carbocycles. The molecule has 0 bridgehead atoms. The number of rotatable bonds is 7. The minimum atomic E-state index is -0.00662. The number of halogens is 2. The van der Waals surface area contributed by atoms with Crippen LogP contribution in [-0.4, -0.2) is 37.0 Å². The van der Waals surface area contributed by atoms with Gasteiger partial charge in [-0.15, -0.1) is 12.4 Å². The third kappa shape index (κ3) is 5.73. The van der Waals surface area contributed by atoms with Crippen LogP contribution in [0, 0.1) is 0 Å². The molecule has 4 nitrogen and oxygen atoms in total. The predicted octanol–water partition coefficient (Wildman–Crippen LogP) is 2.78. The molecule has 1 aromatic rings. The quantitative estimate of drug-likeness (QED) is 0.841. The number of hydrogen-bond acceptors (Lipinski definition) is 3. The summed E-state index contributed by atoms with van der Waals surface area (Å²) in [6.07, 6.45) is 0.457. The molecular formula is C15H22ClFN2O2. The van der Waals surface area contributed by atoms with Crippen molar-refractivity contribution >= 4 is 18.3 Å². The molecule has 0 heterocycles. The highest BCUT2D eigenvalue weighted by molar-refractivity contribution is 5.94. The number of carbonyl (C=O) groups is 1. The fourth-order valence-electron chi connectivity index (χ4n) is 1.70. The van der Waals surface area contributed by atoms with Gasteiger partial charge >= 0.3 is 0 Å². The van der Waals surface area contributed by atoms with Crippen LogP contribution in [-0.2, 0) is 0 Å². The lowest BCUT2D eigenvalue weighted by molar-refractivity contribution is 0.0773. The van der Waals surface area contributed by atoms with Gasteiger partial charge in [-0.1, -0.05) is 0 Å². The first-order chi connectivity index (χ1) is 9.65. The number of nitrogens with two attached hydrogens (primary N) is 1. The summed E-state index contributed by atoms with van der Waals surface area (Å²) in [5, 5.41) is 0. The van der Waals surface area contributed by atoms with E-state index in [4.69, 9.17) is 10.5 Å². The minimum Gasteiger partial charge on any atom is -0.489 e. The van der Waals surface area contributed by atoms with E-state index < -0.39 is 0 Å². The van der Waals surface area contributed by atoms with E-state index in [2.05, 4.69) is 0 Å². The van der Waals surface area contributed by atoms with Crippen LogP contribution in [0.25, 0.3) is 0 Å². The summed E-state index contributed by atoms with van der Waals surface area (Å²) < 4.78 is 17.7. The Morgan fingerprint density at radius 2 is 1.86 bits per heavy atom. The highest BCUT2D eigenvalue weighted by Crippen LogP contribution is 2.14. The van der Waals surface area contributed by atoms with E-state index in [-0.39, 0.29) is 31.5 Å². The summed E-state index contributed by atoms with van der Waals surface area (Å²) in [7, 11) is 0. The molecular weight excluding hydrogens is 295 g/mol. The van der Waals surface area contributed by atoms with Crippen molar-refractivity contribution in [1.29, 1.82) is 0 Å². The van der Waals surface area contributed by atoms with Crippen LogP contribution in [0.5, 0.6) is 5.75 Å². The SMILES string of the molecule is CCN(CC)C(=O)c1ccc(OCC(=CF)CN)cc1.Cl. The van der Waals surface area contributed by atoms with Crippen LogP contribution in [0.1, 0.15) is 24.2 Å². The zero-order valence-corrected chi connectivity index (χ0v) is 13.2.